The summed E-state index contributed by atoms with van der Waals surface area (Å²) in [4.78, 5) is 0. The Balaban J connectivity index is 1.84. The molecular weight excluding hydrogens is 258 g/mol. The zero-order chi connectivity index (χ0) is 10.5. The lowest BCUT2D eigenvalue weighted by molar-refractivity contribution is 0.0000439. The van der Waals surface area contributed by atoms with E-state index in [1.807, 2.05) is 24.3 Å². The molecule has 1 N–H and O–H groups in total. The minimum atomic E-state index is 0.158. The molecule has 15 heavy (non-hydrogen) atoms. The Morgan fingerprint density at radius 1 is 1.47 bits per heavy atom. The average Bonchev–Trinajstić information content (AvgIpc) is 2.29. The van der Waals surface area contributed by atoms with E-state index in [2.05, 4.69) is 21.2 Å². The van der Waals surface area contributed by atoms with Gasteiger partial charge in [0.25, 0.3) is 0 Å². The van der Waals surface area contributed by atoms with Crippen LogP contribution in [0.15, 0.2) is 28.7 Å². The summed E-state index contributed by atoms with van der Waals surface area (Å²) in [5.41, 5.74) is 0. The molecule has 1 heterocycles. The van der Waals surface area contributed by atoms with Crippen LogP contribution in [0.1, 0.15) is 0 Å². The first-order valence-corrected chi connectivity index (χ1v) is 5.85. The molecule has 4 heteroatoms. The van der Waals surface area contributed by atoms with Gasteiger partial charge in [-0.3, -0.25) is 0 Å². The number of hydrogen-bond donors (Lipinski definition) is 1. The van der Waals surface area contributed by atoms with Gasteiger partial charge in [0.05, 0.1) is 11.1 Å². The highest BCUT2D eigenvalue weighted by Gasteiger charge is 2.14. The third kappa shape index (κ3) is 3.19. The van der Waals surface area contributed by atoms with Crippen LogP contribution in [-0.2, 0) is 4.74 Å². The summed E-state index contributed by atoms with van der Waals surface area (Å²) >= 11 is 3.44. The van der Waals surface area contributed by atoms with Crippen molar-refractivity contribution in [1.82, 2.24) is 5.32 Å². The lowest BCUT2D eigenvalue weighted by atomic mass is 10.3. The van der Waals surface area contributed by atoms with Gasteiger partial charge in [-0.2, -0.15) is 0 Å². The van der Waals surface area contributed by atoms with Gasteiger partial charge in [0.1, 0.15) is 18.5 Å². The van der Waals surface area contributed by atoms with Gasteiger partial charge in [-0.05, 0) is 28.1 Å². The Hall–Kier alpha value is -0.580. The van der Waals surface area contributed by atoms with Crippen molar-refractivity contribution >= 4 is 15.9 Å². The summed E-state index contributed by atoms with van der Waals surface area (Å²) in [6.07, 6.45) is 0.158. The van der Waals surface area contributed by atoms with Gasteiger partial charge in [-0.25, -0.2) is 0 Å². The number of rotatable bonds is 3. The highest BCUT2D eigenvalue weighted by atomic mass is 79.9. The Labute approximate surface area is 97.9 Å². The lowest BCUT2D eigenvalue weighted by Crippen LogP contribution is -2.41. The monoisotopic (exact) mass is 271 g/mol. The van der Waals surface area contributed by atoms with Crippen molar-refractivity contribution in [3.8, 4) is 5.75 Å². The molecule has 82 valence electrons. The molecule has 1 saturated heterocycles. The fourth-order valence-electron chi connectivity index (χ4n) is 1.47. The van der Waals surface area contributed by atoms with E-state index in [1.54, 1.807) is 0 Å². The summed E-state index contributed by atoms with van der Waals surface area (Å²) in [6.45, 7) is 3.16. The minimum Gasteiger partial charge on any atom is -0.490 e. The van der Waals surface area contributed by atoms with Crippen molar-refractivity contribution in [3.63, 3.8) is 0 Å². The molecule has 2 rings (SSSR count). The topological polar surface area (TPSA) is 30.5 Å². The Morgan fingerprint density at radius 2 is 2.33 bits per heavy atom. The molecular formula is C11H14BrNO2. The maximum atomic E-state index is 5.66. The third-order valence-corrected chi connectivity index (χ3v) is 2.92. The average molecular weight is 272 g/mol. The highest BCUT2D eigenvalue weighted by molar-refractivity contribution is 9.10. The standard InChI is InChI=1S/C11H14BrNO2/c12-10-3-1-2-4-11(10)15-8-9-7-13-5-6-14-9/h1-4,9,13H,5-8H2/t9-/m1/s1. The number of morpholine rings is 1. The number of hydrogen-bond acceptors (Lipinski definition) is 3. The molecule has 1 aliphatic rings. The van der Waals surface area contributed by atoms with E-state index < -0.39 is 0 Å². The molecule has 1 aromatic carbocycles. The fourth-order valence-corrected chi connectivity index (χ4v) is 1.87. The first kappa shape index (κ1) is 10.9. The summed E-state index contributed by atoms with van der Waals surface area (Å²) in [6, 6.07) is 7.84. The van der Waals surface area contributed by atoms with E-state index in [0.29, 0.717) is 6.61 Å². The Morgan fingerprint density at radius 3 is 3.07 bits per heavy atom. The molecule has 3 nitrogen and oxygen atoms in total. The second kappa shape index (κ2) is 5.49. The minimum absolute atomic E-state index is 0.158. The van der Waals surface area contributed by atoms with E-state index in [-0.39, 0.29) is 6.10 Å². The van der Waals surface area contributed by atoms with Gasteiger partial charge in [0.2, 0.25) is 0 Å². The Bertz CT molecular complexity index is 313. The summed E-state index contributed by atoms with van der Waals surface area (Å²) in [5, 5.41) is 3.27. The first-order valence-electron chi connectivity index (χ1n) is 5.06. The molecule has 0 amide bonds. The molecule has 0 aliphatic carbocycles. The van der Waals surface area contributed by atoms with Crippen LogP contribution in [-0.4, -0.2) is 32.4 Å². The van der Waals surface area contributed by atoms with Crippen LogP contribution < -0.4 is 10.1 Å². The van der Waals surface area contributed by atoms with Crippen molar-refractivity contribution < 1.29 is 9.47 Å². The molecule has 1 aliphatic heterocycles. The van der Waals surface area contributed by atoms with Crippen LogP contribution in [0.3, 0.4) is 0 Å². The zero-order valence-electron chi connectivity index (χ0n) is 8.41. The molecule has 0 radical (unpaired) electrons. The van der Waals surface area contributed by atoms with Crippen LogP contribution in [0.2, 0.25) is 0 Å². The summed E-state index contributed by atoms with van der Waals surface area (Å²) < 4.78 is 12.2. The van der Waals surface area contributed by atoms with Crippen molar-refractivity contribution in [1.29, 1.82) is 0 Å². The van der Waals surface area contributed by atoms with E-state index in [4.69, 9.17) is 9.47 Å². The van der Waals surface area contributed by atoms with Gasteiger partial charge in [-0.15, -0.1) is 0 Å². The largest absolute Gasteiger partial charge is 0.490 e. The number of ether oxygens (including phenoxy) is 2. The van der Waals surface area contributed by atoms with E-state index in [9.17, 15) is 0 Å². The van der Waals surface area contributed by atoms with E-state index >= 15 is 0 Å². The van der Waals surface area contributed by atoms with Crippen LogP contribution >= 0.6 is 15.9 Å². The summed E-state index contributed by atoms with van der Waals surface area (Å²) in [5.74, 6) is 0.867. The Kier molecular flexibility index (Phi) is 4.00. The molecule has 1 atom stereocenters. The molecule has 0 spiro atoms. The van der Waals surface area contributed by atoms with Gasteiger partial charge >= 0.3 is 0 Å². The van der Waals surface area contributed by atoms with E-state index in [0.717, 1.165) is 29.9 Å². The predicted octanol–water partition coefficient (Wildman–Crippen LogP) is 1.82. The maximum Gasteiger partial charge on any atom is 0.133 e. The third-order valence-electron chi connectivity index (χ3n) is 2.27. The molecule has 0 unspecified atom stereocenters. The second-order valence-electron chi connectivity index (χ2n) is 3.44. The van der Waals surface area contributed by atoms with Crippen molar-refractivity contribution in [2.45, 2.75) is 6.10 Å². The first-order chi connectivity index (χ1) is 7.36. The van der Waals surface area contributed by atoms with Gasteiger partial charge in [0, 0.05) is 13.1 Å². The van der Waals surface area contributed by atoms with Crippen LogP contribution in [0.25, 0.3) is 0 Å². The molecule has 0 aromatic heterocycles. The van der Waals surface area contributed by atoms with Crippen molar-refractivity contribution in [2.75, 3.05) is 26.3 Å². The van der Waals surface area contributed by atoms with E-state index in [1.165, 1.54) is 0 Å². The number of halogens is 1. The number of para-hydroxylation sites is 1. The van der Waals surface area contributed by atoms with Crippen LogP contribution in [0.4, 0.5) is 0 Å². The van der Waals surface area contributed by atoms with Crippen LogP contribution in [0.5, 0.6) is 5.75 Å². The van der Waals surface area contributed by atoms with Crippen molar-refractivity contribution in [2.24, 2.45) is 0 Å². The van der Waals surface area contributed by atoms with Gasteiger partial charge in [0.15, 0.2) is 0 Å². The predicted molar refractivity (Wildman–Crippen MR) is 62.2 cm³/mol. The number of nitrogens with one attached hydrogen (secondary N) is 1. The van der Waals surface area contributed by atoms with Crippen LogP contribution in [0, 0.1) is 0 Å². The highest BCUT2D eigenvalue weighted by Crippen LogP contribution is 2.23. The SMILES string of the molecule is Brc1ccccc1OC[C@H]1CNCCO1. The molecule has 1 aromatic rings. The normalized spacial score (nSPS) is 21.3. The lowest BCUT2D eigenvalue weighted by Gasteiger charge is -2.23. The zero-order valence-corrected chi connectivity index (χ0v) is 10.00. The molecule has 0 saturated carbocycles. The maximum absolute atomic E-state index is 5.66. The van der Waals surface area contributed by atoms with Crippen molar-refractivity contribution in [3.05, 3.63) is 28.7 Å². The second-order valence-corrected chi connectivity index (χ2v) is 4.29. The quantitative estimate of drug-likeness (QED) is 0.910. The number of benzene rings is 1. The molecule has 0 bridgehead atoms. The van der Waals surface area contributed by atoms with Gasteiger partial charge in [-0.1, -0.05) is 12.1 Å². The summed E-state index contributed by atoms with van der Waals surface area (Å²) in [7, 11) is 0. The van der Waals surface area contributed by atoms with Gasteiger partial charge < -0.3 is 14.8 Å². The fraction of sp³-hybridized carbons (Fsp3) is 0.455. The molecule has 1 fully saturated rings. The smallest absolute Gasteiger partial charge is 0.133 e.